The van der Waals surface area contributed by atoms with Gasteiger partial charge in [-0.3, -0.25) is 0 Å². The molecule has 0 fully saturated rings. The molecular formula is C66H41N3O. The number of rotatable bonds is 7. The molecule has 0 saturated carbocycles. The molecule has 15 aromatic rings. The quantitative estimate of drug-likeness (QED) is 0.159. The Morgan fingerprint density at radius 3 is 1.40 bits per heavy atom. The summed E-state index contributed by atoms with van der Waals surface area (Å²) in [6.45, 7) is 0. The van der Waals surface area contributed by atoms with Crippen molar-refractivity contribution in [2.75, 3.05) is 4.90 Å². The van der Waals surface area contributed by atoms with Crippen LogP contribution in [-0.2, 0) is 0 Å². The van der Waals surface area contributed by atoms with Gasteiger partial charge in [0.15, 0.2) is 0 Å². The highest BCUT2D eigenvalue weighted by molar-refractivity contribution is 6.23. The molecule has 326 valence electrons. The third-order valence-electron chi connectivity index (χ3n) is 14.7. The minimum Gasteiger partial charge on any atom is -0.456 e. The van der Waals surface area contributed by atoms with Crippen molar-refractivity contribution < 1.29 is 4.42 Å². The normalized spacial score (nSPS) is 12.0. The van der Waals surface area contributed by atoms with Gasteiger partial charge in [0.25, 0.3) is 0 Å². The molecule has 0 amide bonds. The van der Waals surface area contributed by atoms with Crippen molar-refractivity contribution in [2.45, 2.75) is 0 Å². The van der Waals surface area contributed by atoms with E-state index in [0.717, 1.165) is 55.8 Å². The summed E-state index contributed by atoms with van der Waals surface area (Å²) in [4.78, 5) is 2.36. The Hall–Kier alpha value is -9.38. The SMILES string of the molecule is c1ccc(-n2c3ccccc3c3cc(-c4ccc(N(c5ccc(-c6ccc7c(c6)oc6ccccc67)cc5)c5ccc(-c6ccc7c8cccc9c%10ccccc%10n(c7c6)c98)cc5)cc4)ccc32)cc1. The Kier molecular flexibility index (Phi) is 8.33. The van der Waals surface area contributed by atoms with Gasteiger partial charge in [0.05, 0.1) is 27.6 Å². The molecule has 0 aliphatic carbocycles. The summed E-state index contributed by atoms with van der Waals surface area (Å²) in [7, 11) is 0. The monoisotopic (exact) mass is 891 g/mol. The third kappa shape index (κ3) is 5.84. The van der Waals surface area contributed by atoms with E-state index in [1.54, 1.807) is 0 Å². The molecule has 4 aromatic heterocycles. The molecule has 15 rings (SSSR count). The fraction of sp³-hybridized carbons (Fsp3) is 0. The number of aromatic nitrogens is 2. The first kappa shape index (κ1) is 38.7. The highest BCUT2D eigenvalue weighted by Gasteiger charge is 2.19. The summed E-state index contributed by atoms with van der Waals surface area (Å²) in [5, 5.41) is 9.93. The number of nitrogens with zero attached hydrogens (tertiary/aromatic N) is 3. The fourth-order valence-corrected chi connectivity index (χ4v) is 11.4. The van der Waals surface area contributed by atoms with Gasteiger partial charge in [-0.1, -0.05) is 152 Å². The van der Waals surface area contributed by atoms with E-state index in [0.29, 0.717) is 0 Å². The average molecular weight is 892 g/mol. The van der Waals surface area contributed by atoms with Crippen LogP contribution >= 0.6 is 0 Å². The van der Waals surface area contributed by atoms with Crippen molar-refractivity contribution in [3.8, 4) is 39.1 Å². The molecule has 0 radical (unpaired) electrons. The molecule has 0 saturated heterocycles. The lowest BCUT2D eigenvalue weighted by Gasteiger charge is -2.26. The Morgan fingerprint density at radius 2 is 0.729 bits per heavy atom. The number of para-hydroxylation sites is 5. The van der Waals surface area contributed by atoms with Crippen molar-refractivity contribution in [3.05, 3.63) is 249 Å². The topological polar surface area (TPSA) is 25.7 Å². The molecule has 0 bridgehead atoms. The summed E-state index contributed by atoms with van der Waals surface area (Å²) >= 11 is 0. The molecule has 0 unspecified atom stereocenters. The van der Waals surface area contributed by atoms with Crippen LogP contribution in [-0.4, -0.2) is 8.97 Å². The first-order chi connectivity index (χ1) is 34.7. The van der Waals surface area contributed by atoms with Crippen molar-refractivity contribution in [3.63, 3.8) is 0 Å². The van der Waals surface area contributed by atoms with E-state index in [-0.39, 0.29) is 0 Å². The third-order valence-corrected chi connectivity index (χ3v) is 14.7. The molecule has 0 aliphatic heterocycles. The Morgan fingerprint density at radius 1 is 0.271 bits per heavy atom. The molecule has 0 aliphatic rings. The predicted octanol–water partition coefficient (Wildman–Crippen LogP) is 18.3. The fourth-order valence-electron chi connectivity index (χ4n) is 11.4. The van der Waals surface area contributed by atoms with Gasteiger partial charge in [-0.05, 0) is 130 Å². The van der Waals surface area contributed by atoms with Crippen LogP contribution in [0.25, 0.3) is 121 Å². The molecule has 0 N–H and O–H groups in total. The van der Waals surface area contributed by atoms with Crippen LogP contribution < -0.4 is 4.90 Å². The zero-order valence-corrected chi connectivity index (χ0v) is 37.9. The van der Waals surface area contributed by atoms with Crippen LogP contribution in [0.15, 0.2) is 253 Å². The van der Waals surface area contributed by atoms with Gasteiger partial charge < -0.3 is 18.3 Å². The van der Waals surface area contributed by atoms with Gasteiger partial charge >= 0.3 is 0 Å². The van der Waals surface area contributed by atoms with Crippen LogP contribution in [0.3, 0.4) is 0 Å². The van der Waals surface area contributed by atoms with E-state index in [1.165, 1.54) is 82.2 Å². The smallest absolute Gasteiger partial charge is 0.136 e. The summed E-state index contributed by atoms with van der Waals surface area (Å²) in [5.41, 5.74) is 19.3. The molecule has 4 nitrogen and oxygen atoms in total. The van der Waals surface area contributed by atoms with Gasteiger partial charge in [-0.25, -0.2) is 0 Å². The predicted molar refractivity (Wildman–Crippen MR) is 294 cm³/mol. The Labute approximate surface area is 403 Å². The van der Waals surface area contributed by atoms with Crippen molar-refractivity contribution in [2.24, 2.45) is 0 Å². The maximum Gasteiger partial charge on any atom is 0.136 e. The van der Waals surface area contributed by atoms with E-state index in [9.17, 15) is 0 Å². The van der Waals surface area contributed by atoms with Gasteiger partial charge in [-0.2, -0.15) is 0 Å². The van der Waals surface area contributed by atoms with Gasteiger partial charge in [-0.15, -0.1) is 0 Å². The van der Waals surface area contributed by atoms with Crippen molar-refractivity contribution >= 4 is 98.9 Å². The summed E-state index contributed by atoms with van der Waals surface area (Å²) in [5.74, 6) is 0. The van der Waals surface area contributed by atoms with E-state index in [4.69, 9.17) is 4.42 Å². The molecule has 4 heterocycles. The molecular weight excluding hydrogens is 851 g/mol. The number of benzene rings is 11. The van der Waals surface area contributed by atoms with Crippen molar-refractivity contribution in [1.82, 2.24) is 8.97 Å². The minimum absolute atomic E-state index is 0.897. The summed E-state index contributed by atoms with van der Waals surface area (Å²) in [6, 6.07) is 90.4. The highest BCUT2D eigenvalue weighted by atomic mass is 16.3. The average Bonchev–Trinajstić information content (AvgIpc) is 4.17. The van der Waals surface area contributed by atoms with Crippen LogP contribution in [0.5, 0.6) is 0 Å². The molecule has 11 aromatic carbocycles. The standard InChI is InChI=1S/C66H41N3O/c1-2-11-48(12-3-1)68-60-18-7-5-14-53(60)59-39-45(29-38-62(59)68)42-21-30-49(31-22-42)67(51-34-25-44(26-35-51)47-28-37-56-55-15-6-9-20-64(55)70-65(56)41-47)50-32-23-43(24-33-50)46-27-36-54-58-17-10-16-57-52-13-4-8-19-61(52)69(66(57)58)63(54)40-46/h1-41H. The number of hydrogen-bond acceptors (Lipinski definition) is 2. The lowest BCUT2D eigenvalue weighted by Crippen LogP contribution is -2.09. The maximum absolute atomic E-state index is 6.29. The van der Waals surface area contributed by atoms with Crippen molar-refractivity contribution in [1.29, 1.82) is 0 Å². The van der Waals surface area contributed by atoms with E-state index in [2.05, 4.69) is 250 Å². The van der Waals surface area contributed by atoms with E-state index in [1.807, 2.05) is 12.1 Å². The lowest BCUT2D eigenvalue weighted by molar-refractivity contribution is 0.669. The lowest BCUT2D eigenvalue weighted by atomic mass is 10.0. The number of furan rings is 1. The largest absolute Gasteiger partial charge is 0.456 e. The summed E-state index contributed by atoms with van der Waals surface area (Å²) in [6.07, 6.45) is 0. The van der Waals surface area contributed by atoms with Crippen LogP contribution in [0.1, 0.15) is 0 Å². The van der Waals surface area contributed by atoms with Crippen LogP contribution in [0, 0.1) is 0 Å². The first-order valence-corrected chi connectivity index (χ1v) is 24.0. The molecule has 4 heteroatoms. The second-order valence-corrected chi connectivity index (χ2v) is 18.5. The number of anilines is 3. The van der Waals surface area contributed by atoms with Crippen LogP contribution in [0.2, 0.25) is 0 Å². The second-order valence-electron chi connectivity index (χ2n) is 18.5. The first-order valence-electron chi connectivity index (χ1n) is 24.0. The van der Waals surface area contributed by atoms with Gasteiger partial charge in [0.1, 0.15) is 11.2 Å². The zero-order valence-electron chi connectivity index (χ0n) is 37.9. The molecule has 0 spiro atoms. The second kappa shape index (κ2) is 15.1. The molecule has 0 atom stereocenters. The van der Waals surface area contributed by atoms with Crippen LogP contribution in [0.4, 0.5) is 17.1 Å². The summed E-state index contributed by atoms with van der Waals surface area (Å²) < 4.78 is 11.1. The Balaban J connectivity index is 0.817. The van der Waals surface area contributed by atoms with E-state index >= 15 is 0 Å². The molecule has 70 heavy (non-hydrogen) atoms. The minimum atomic E-state index is 0.897. The highest BCUT2D eigenvalue weighted by Crippen LogP contribution is 2.43. The number of hydrogen-bond donors (Lipinski definition) is 0. The maximum atomic E-state index is 6.29. The van der Waals surface area contributed by atoms with Gasteiger partial charge in [0, 0.05) is 65.8 Å². The Bertz CT molecular complexity index is 4500. The number of fused-ring (bicyclic) bond motifs is 12. The van der Waals surface area contributed by atoms with E-state index < -0.39 is 0 Å². The van der Waals surface area contributed by atoms with Gasteiger partial charge in [0.2, 0.25) is 0 Å². The zero-order chi connectivity index (χ0) is 45.9.